The standard InChI is InChI=1S/C21H21F2NO2/c22-18-9-6-16(7-10-18)8-11-21(25)24(15-20-5-2-12-26-20)14-17-3-1-4-19(23)13-17/h1,3-4,6-11,13,20H,2,5,12,14-15H2/b11-8+/t20-/m1/s1. The number of halogens is 2. The van der Waals surface area contributed by atoms with Gasteiger partial charge in [0.15, 0.2) is 0 Å². The van der Waals surface area contributed by atoms with Crippen molar-refractivity contribution in [1.82, 2.24) is 4.90 Å². The quantitative estimate of drug-likeness (QED) is 0.726. The van der Waals surface area contributed by atoms with Gasteiger partial charge in [-0.1, -0.05) is 24.3 Å². The summed E-state index contributed by atoms with van der Waals surface area (Å²) in [6, 6.07) is 12.1. The van der Waals surface area contributed by atoms with Gasteiger partial charge in [-0.3, -0.25) is 4.79 Å². The van der Waals surface area contributed by atoms with Gasteiger partial charge in [0, 0.05) is 25.8 Å². The minimum Gasteiger partial charge on any atom is -0.376 e. The molecule has 5 heteroatoms. The normalized spacial score (nSPS) is 16.9. The molecule has 3 rings (SSSR count). The van der Waals surface area contributed by atoms with Crippen LogP contribution in [0.2, 0.25) is 0 Å². The summed E-state index contributed by atoms with van der Waals surface area (Å²) in [6.07, 6.45) is 5.01. The SMILES string of the molecule is O=C(/C=C/c1ccc(F)cc1)N(Cc1cccc(F)c1)C[C@H]1CCCO1. The van der Waals surface area contributed by atoms with Crippen molar-refractivity contribution in [2.75, 3.05) is 13.2 Å². The number of carbonyl (C=O) groups excluding carboxylic acids is 1. The Balaban J connectivity index is 1.72. The molecule has 26 heavy (non-hydrogen) atoms. The number of hydrogen-bond acceptors (Lipinski definition) is 2. The summed E-state index contributed by atoms with van der Waals surface area (Å²) in [5.74, 6) is -0.831. The zero-order chi connectivity index (χ0) is 18.4. The Labute approximate surface area is 151 Å². The molecule has 1 fully saturated rings. The molecule has 1 amide bonds. The molecule has 0 aliphatic carbocycles. The Morgan fingerprint density at radius 2 is 1.96 bits per heavy atom. The molecule has 0 spiro atoms. The number of carbonyl (C=O) groups is 1. The number of nitrogens with zero attached hydrogens (tertiary/aromatic N) is 1. The Kier molecular flexibility index (Phi) is 6.12. The van der Waals surface area contributed by atoms with Crippen LogP contribution in [0.4, 0.5) is 8.78 Å². The topological polar surface area (TPSA) is 29.5 Å². The van der Waals surface area contributed by atoms with E-state index in [1.807, 2.05) is 0 Å². The lowest BCUT2D eigenvalue weighted by Gasteiger charge is -2.24. The molecule has 1 aliphatic heterocycles. The van der Waals surface area contributed by atoms with Gasteiger partial charge in [-0.15, -0.1) is 0 Å². The fraction of sp³-hybridized carbons (Fsp3) is 0.286. The Morgan fingerprint density at radius 1 is 1.15 bits per heavy atom. The third-order valence-corrected chi connectivity index (χ3v) is 4.31. The molecule has 0 radical (unpaired) electrons. The van der Waals surface area contributed by atoms with E-state index in [-0.39, 0.29) is 23.6 Å². The van der Waals surface area contributed by atoms with Gasteiger partial charge in [0.25, 0.3) is 0 Å². The first-order chi connectivity index (χ1) is 12.6. The highest BCUT2D eigenvalue weighted by molar-refractivity contribution is 5.91. The zero-order valence-corrected chi connectivity index (χ0v) is 14.4. The van der Waals surface area contributed by atoms with E-state index in [1.54, 1.807) is 35.2 Å². The van der Waals surface area contributed by atoms with Gasteiger partial charge in [-0.05, 0) is 54.3 Å². The van der Waals surface area contributed by atoms with Crippen LogP contribution in [0.3, 0.4) is 0 Å². The van der Waals surface area contributed by atoms with Crippen LogP contribution in [0.25, 0.3) is 6.08 Å². The van der Waals surface area contributed by atoms with E-state index < -0.39 is 0 Å². The molecule has 3 nitrogen and oxygen atoms in total. The molecule has 0 N–H and O–H groups in total. The lowest BCUT2D eigenvalue weighted by molar-refractivity contribution is -0.128. The van der Waals surface area contributed by atoms with Crippen molar-refractivity contribution in [3.05, 3.63) is 77.4 Å². The highest BCUT2D eigenvalue weighted by Gasteiger charge is 2.21. The first-order valence-corrected chi connectivity index (χ1v) is 8.69. The molecule has 1 saturated heterocycles. The largest absolute Gasteiger partial charge is 0.376 e. The molecular formula is C21H21F2NO2. The number of benzene rings is 2. The average molecular weight is 357 g/mol. The van der Waals surface area contributed by atoms with Gasteiger partial charge in [-0.2, -0.15) is 0 Å². The zero-order valence-electron chi connectivity index (χ0n) is 14.4. The second-order valence-corrected chi connectivity index (χ2v) is 6.37. The number of hydrogen-bond donors (Lipinski definition) is 0. The number of ether oxygens (including phenoxy) is 1. The van der Waals surface area contributed by atoms with E-state index in [1.165, 1.54) is 30.3 Å². The maximum absolute atomic E-state index is 13.5. The van der Waals surface area contributed by atoms with Gasteiger partial charge in [0.05, 0.1) is 6.10 Å². The smallest absolute Gasteiger partial charge is 0.246 e. The highest BCUT2D eigenvalue weighted by atomic mass is 19.1. The van der Waals surface area contributed by atoms with E-state index in [0.717, 1.165) is 24.0 Å². The lowest BCUT2D eigenvalue weighted by atomic mass is 10.1. The summed E-state index contributed by atoms with van der Waals surface area (Å²) in [7, 11) is 0. The molecule has 0 unspecified atom stereocenters. The van der Waals surface area contributed by atoms with Crippen LogP contribution < -0.4 is 0 Å². The predicted molar refractivity (Wildman–Crippen MR) is 96.2 cm³/mol. The minimum absolute atomic E-state index is 0.00623. The molecule has 1 aliphatic rings. The van der Waals surface area contributed by atoms with Crippen LogP contribution in [0, 0.1) is 11.6 Å². The number of rotatable bonds is 6. The first-order valence-electron chi connectivity index (χ1n) is 8.69. The molecule has 1 heterocycles. The molecular weight excluding hydrogens is 336 g/mol. The molecule has 136 valence electrons. The Bertz CT molecular complexity index is 768. The van der Waals surface area contributed by atoms with Crippen molar-refractivity contribution < 1.29 is 18.3 Å². The van der Waals surface area contributed by atoms with Gasteiger partial charge in [0.2, 0.25) is 5.91 Å². The summed E-state index contributed by atoms with van der Waals surface area (Å²) in [4.78, 5) is 14.3. The second-order valence-electron chi connectivity index (χ2n) is 6.37. The fourth-order valence-corrected chi connectivity index (χ4v) is 2.97. The van der Waals surface area contributed by atoms with Gasteiger partial charge < -0.3 is 9.64 Å². The number of amides is 1. The van der Waals surface area contributed by atoms with Crippen molar-refractivity contribution in [3.63, 3.8) is 0 Å². The summed E-state index contributed by atoms with van der Waals surface area (Å²) in [5.41, 5.74) is 1.47. The van der Waals surface area contributed by atoms with Crippen molar-refractivity contribution >= 4 is 12.0 Å². The van der Waals surface area contributed by atoms with Crippen LogP contribution in [0.15, 0.2) is 54.6 Å². The third kappa shape index (κ3) is 5.23. The minimum atomic E-state index is -0.325. The summed E-state index contributed by atoms with van der Waals surface area (Å²) >= 11 is 0. The van der Waals surface area contributed by atoms with Crippen LogP contribution in [-0.4, -0.2) is 30.1 Å². The molecule has 2 aromatic carbocycles. The van der Waals surface area contributed by atoms with Crippen LogP contribution in [0.1, 0.15) is 24.0 Å². The summed E-state index contributed by atoms with van der Waals surface area (Å²) < 4.78 is 32.1. The summed E-state index contributed by atoms with van der Waals surface area (Å²) in [6.45, 7) is 1.48. The third-order valence-electron chi connectivity index (χ3n) is 4.31. The molecule has 0 aromatic heterocycles. The fourth-order valence-electron chi connectivity index (χ4n) is 2.97. The van der Waals surface area contributed by atoms with E-state index in [0.29, 0.717) is 19.7 Å². The molecule has 2 aromatic rings. The van der Waals surface area contributed by atoms with E-state index in [9.17, 15) is 13.6 Å². The van der Waals surface area contributed by atoms with Crippen molar-refractivity contribution in [2.24, 2.45) is 0 Å². The average Bonchev–Trinajstić information content (AvgIpc) is 3.13. The Hall–Kier alpha value is -2.53. The van der Waals surface area contributed by atoms with Crippen LogP contribution in [0.5, 0.6) is 0 Å². The highest BCUT2D eigenvalue weighted by Crippen LogP contribution is 2.16. The Morgan fingerprint density at radius 3 is 2.65 bits per heavy atom. The van der Waals surface area contributed by atoms with E-state index in [4.69, 9.17) is 4.74 Å². The molecule has 0 bridgehead atoms. The van der Waals surface area contributed by atoms with E-state index in [2.05, 4.69) is 0 Å². The van der Waals surface area contributed by atoms with Crippen LogP contribution in [-0.2, 0) is 16.1 Å². The van der Waals surface area contributed by atoms with Gasteiger partial charge in [-0.25, -0.2) is 8.78 Å². The van der Waals surface area contributed by atoms with Crippen LogP contribution >= 0.6 is 0 Å². The van der Waals surface area contributed by atoms with Gasteiger partial charge >= 0.3 is 0 Å². The van der Waals surface area contributed by atoms with Crippen molar-refractivity contribution in [3.8, 4) is 0 Å². The van der Waals surface area contributed by atoms with Gasteiger partial charge in [0.1, 0.15) is 11.6 Å². The second kappa shape index (κ2) is 8.72. The van der Waals surface area contributed by atoms with Crippen molar-refractivity contribution in [2.45, 2.75) is 25.5 Å². The predicted octanol–water partition coefficient (Wildman–Crippen LogP) is 4.19. The maximum Gasteiger partial charge on any atom is 0.246 e. The maximum atomic E-state index is 13.5. The lowest BCUT2D eigenvalue weighted by Crippen LogP contribution is -2.35. The molecule has 0 saturated carbocycles. The molecule has 1 atom stereocenters. The van der Waals surface area contributed by atoms with Crippen molar-refractivity contribution in [1.29, 1.82) is 0 Å². The van der Waals surface area contributed by atoms with E-state index >= 15 is 0 Å². The first kappa shape index (κ1) is 18.3. The summed E-state index contributed by atoms with van der Waals surface area (Å²) in [5, 5.41) is 0. The monoisotopic (exact) mass is 357 g/mol.